The first-order valence-corrected chi connectivity index (χ1v) is 5.71. The summed E-state index contributed by atoms with van der Waals surface area (Å²) in [5.41, 5.74) is 0. The summed E-state index contributed by atoms with van der Waals surface area (Å²) in [6.45, 7) is 4.90. The summed E-state index contributed by atoms with van der Waals surface area (Å²) >= 11 is 0. The molecule has 1 unspecified atom stereocenters. The van der Waals surface area contributed by atoms with Crippen LogP contribution >= 0.6 is 0 Å². The van der Waals surface area contributed by atoms with Crippen molar-refractivity contribution in [2.24, 2.45) is 0 Å². The number of likely N-dealkylation sites (tertiary alicyclic amines) is 1. The van der Waals surface area contributed by atoms with Crippen LogP contribution in [0.5, 0.6) is 0 Å². The summed E-state index contributed by atoms with van der Waals surface area (Å²) in [6, 6.07) is 0.0571. The van der Waals surface area contributed by atoms with Crippen LogP contribution in [0.25, 0.3) is 0 Å². The van der Waals surface area contributed by atoms with Crippen LogP contribution in [0.3, 0.4) is 0 Å². The molecule has 2 heterocycles. The van der Waals surface area contributed by atoms with Crippen LogP contribution in [-0.2, 0) is 4.74 Å². The standard InChI is InChI=1S/C10H19N3O2/c14-10(13-4-1-2-5-13)12-8-9-7-11-3-6-15-9/h9,11H,1-8H2,(H,12,14). The minimum atomic E-state index is 0.0571. The summed E-state index contributed by atoms with van der Waals surface area (Å²) in [4.78, 5) is 13.5. The highest BCUT2D eigenvalue weighted by atomic mass is 16.5. The van der Waals surface area contributed by atoms with Gasteiger partial charge in [0.25, 0.3) is 0 Å². The molecule has 2 fully saturated rings. The lowest BCUT2D eigenvalue weighted by atomic mass is 10.3. The molecule has 0 aromatic heterocycles. The Morgan fingerprint density at radius 3 is 2.93 bits per heavy atom. The minimum absolute atomic E-state index is 0.0571. The normalized spacial score (nSPS) is 26.7. The lowest BCUT2D eigenvalue weighted by molar-refractivity contribution is 0.0301. The third-order valence-corrected chi connectivity index (χ3v) is 2.88. The first-order valence-electron chi connectivity index (χ1n) is 5.71. The maximum absolute atomic E-state index is 11.6. The molecule has 0 aromatic carbocycles. The predicted molar refractivity (Wildman–Crippen MR) is 56.8 cm³/mol. The Hall–Kier alpha value is -0.810. The van der Waals surface area contributed by atoms with Gasteiger partial charge in [-0.2, -0.15) is 0 Å². The van der Waals surface area contributed by atoms with E-state index < -0.39 is 0 Å². The van der Waals surface area contributed by atoms with Gasteiger partial charge in [-0.25, -0.2) is 4.79 Å². The van der Waals surface area contributed by atoms with E-state index in [9.17, 15) is 4.79 Å². The molecule has 0 aliphatic carbocycles. The molecule has 2 aliphatic heterocycles. The second-order valence-electron chi connectivity index (χ2n) is 4.08. The summed E-state index contributed by atoms with van der Waals surface area (Å²) < 4.78 is 5.50. The number of nitrogens with one attached hydrogen (secondary N) is 2. The number of carbonyl (C=O) groups is 1. The summed E-state index contributed by atoms with van der Waals surface area (Å²) in [5.74, 6) is 0. The number of carbonyl (C=O) groups excluding carboxylic acids is 1. The topological polar surface area (TPSA) is 53.6 Å². The molecule has 5 nitrogen and oxygen atoms in total. The van der Waals surface area contributed by atoms with Crippen LogP contribution in [0.15, 0.2) is 0 Å². The lowest BCUT2D eigenvalue weighted by Gasteiger charge is -2.25. The van der Waals surface area contributed by atoms with E-state index in [1.807, 2.05) is 4.90 Å². The number of rotatable bonds is 2. The van der Waals surface area contributed by atoms with Crippen LogP contribution in [0, 0.1) is 0 Å². The van der Waals surface area contributed by atoms with E-state index in [-0.39, 0.29) is 12.1 Å². The molecule has 0 aromatic rings. The van der Waals surface area contributed by atoms with Crippen LogP contribution in [-0.4, -0.2) is 56.4 Å². The smallest absolute Gasteiger partial charge is 0.317 e. The highest BCUT2D eigenvalue weighted by Crippen LogP contribution is 2.06. The molecule has 0 spiro atoms. The fourth-order valence-corrected chi connectivity index (χ4v) is 1.98. The molecular weight excluding hydrogens is 194 g/mol. The van der Waals surface area contributed by atoms with Crippen molar-refractivity contribution in [2.45, 2.75) is 18.9 Å². The Balaban J connectivity index is 1.65. The van der Waals surface area contributed by atoms with E-state index in [2.05, 4.69) is 10.6 Å². The second kappa shape index (κ2) is 5.32. The fraction of sp³-hybridized carbons (Fsp3) is 0.900. The van der Waals surface area contributed by atoms with Gasteiger partial charge < -0.3 is 20.3 Å². The van der Waals surface area contributed by atoms with E-state index in [1.165, 1.54) is 0 Å². The largest absolute Gasteiger partial charge is 0.374 e. The Labute approximate surface area is 90.1 Å². The van der Waals surface area contributed by atoms with Gasteiger partial charge in [0.05, 0.1) is 12.7 Å². The number of nitrogens with zero attached hydrogens (tertiary/aromatic N) is 1. The quantitative estimate of drug-likeness (QED) is 0.667. The molecule has 15 heavy (non-hydrogen) atoms. The Kier molecular flexibility index (Phi) is 3.80. The highest BCUT2D eigenvalue weighted by molar-refractivity contribution is 5.74. The first-order chi connectivity index (χ1) is 7.36. The number of ether oxygens (including phenoxy) is 1. The average Bonchev–Trinajstić information content (AvgIpc) is 2.81. The van der Waals surface area contributed by atoms with E-state index in [1.54, 1.807) is 0 Å². The molecule has 2 amide bonds. The van der Waals surface area contributed by atoms with Gasteiger partial charge in [0.2, 0.25) is 0 Å². The molecule has 2 N–H and O–H groups in total. The number of hydrogen-bond donors (Lipinski definition) is 2. The van der Waals surface area contributed by atoms with E-state index in [0.717, 1.165) is 45.6 Å². The van der Waals surface area contributed by atoms with Crippen molar-refractivity contribution < 1.29 is 9.53 Å². The molecule has 86 valence electrons. The van der Waals surface area contributed by atoms with Gasteiger partial charge in [-0.15, -0.1) is 0 Å². The number of amides is 2. The van der Waals surface area contributed by atoms with E-state index in [0.29, 0.717) is 6.54 Å². The second-order valence-corrected chi connectivity index (χ2v) is 4.08. The van der Waals surface area contributed by atoms with Gasteiger partial charge in [0.15, 0.2) is 0 Å². The predicted octanol–water partition coefficient (Wildman–Crippen LogP) is -0.220. The number of morpholine rings is 1. The SMILES string of the molecule is O=C(NCC1CNCCO1)N1CCCC1. The molecule has 2 aliphatic rings. The first kappa shape index (κ1) is 10.7. The monoisotopic (exact) mass is 213 g/mol. The van der Waals surface area contributed by atoms with E-state index >= 15 is 0 Å². The zero-order valence-electron chi connectivity index (χ0n) is 9.00. The number of hydrogen-bond acceptors (Lipinski definition) is 3. The number of urea groups is 1. The van der Waals surface area contributed by atoms with Crippen molar-refractivity contribution in [1.82, 2.24) is 15.5 Å². The maximum atomic E-state index is 11.6. The van der Waals surface area contributed by atoms with Crippen molar-refractivity contribution in [3.63, 3.8) is 0 Å². The Morgan fingerprint density at radius 1 is 1.47 bits per heavy atom. The van der Waals surface area contributed by atoms with Crippen LogP contribution in [0.2, 0.25) is 0 Å². The van der Waals surface area contributed by atoms with Crippen molar-refractivity contribution >= 4 is 6.03 Å². The molecule has 0 saturated carbocycles. The molecule has 5 heteroatoms. The molecule has 0 radical (unpaired) electrons. The van der Waals surface area contributed by atoms with Crippen molar-refractivity contribution in [3.05, 3.63) is 0 Å². The average molecular weight is 213 g/mol. The molecule has 2 saturated heterocycles. The lowest BCUT2D eigenvalue weighted by Crippen LogP contribution is -2.47. The third kappa shape index (κ3) is 3.07. The van der Waals surface area contributed by atoms with Gasteiger partial charge in [0, 0.05) is 32.7 Å². The zero-order chi connectivity index (χ0) is 10.5. The van der Waals surface area contributed by atoms with Crippen molar-refractivity contribution in [1.29, 1.82) is 0 Å². The summed E-state index contributed by atoms with van der Waals surface area (Å²) in [5, 5.41) is 6.15. The fourth-order valence-electron chi connectivity index (χ4n) is 1.98. The molecule has 1 atom stereocenters. The minimum Gasteiger partial charge on any atom is -0.374 e. The van der Waals surface area contributed by atoms with Gasteiger partial charge in [0.1, 0.15) is 0 Å². The van der Waals surface area contributed by atoms with Crippen molar-refractivity contribution in [2.75, 3.05) is 39.3 Å². The molecule has 2 rings (SSSR count). The molecular formula is C10H19N3O2. The van der Waals surface area contributed by atoms with Crippen molar-refractivity contribution in [3.8, 4) is 0 Å². The Morgan fingerprint density at radius 2 is 2.27 bits per heavy atom. The zero-order valence-corrected chi connectivity index (χ0v) is 9.00. The van der Waals surface area contributed by atoms with Gasteiger partial charge in [-0.05, 0) is 12.8 Å². The molecule has 0 bridgehead atoms. The summed E-state index contributed by atoms with van der Waals surface area (Å²) in [7, 11) is 0. The Bertz CT molecular complexity index is 211. The third-order valence-electron chi connectivity index (χ3n) is 2.88. The van der Waals surface area contributed by atoms with Crippen LogP contribution in [0.1, 0.15) is 12.8 Å². The van der Waals surface area contributed by atoms with Gasteiger partial charge in [-0.1, -0.05) is 0 Å². The van der Waals surface area contributed by atoms with Gasteiger partial charge in [-0.3, -0.25) is 0 Å². The highest BCUT2D eigenvalue weighted by Gasteiger charge is 2.19. The van der Waals surface area contributed by atoms with Crippen LogP contribution < -0.4 is 10.6 Å². The van der Waals surface area contributed by atoms with Gasteiger partial charge >= 0.3 is 6.03 Å². The van der Waals surface area contributed by atoms with E-state index in [4.69, 9.17) is 4.74 Å². The summed E-state index contributed by atoms with van der Waals surface area (Å²) in [6.07, 6.45) is 2.40. The van der Waals surface area contributed by atoms with Crippen LogP contribution in [0.4, 0.5) is 4.79 Å². The maximum Gasteiger partial charge on any atom is 0.317 e.